The molecule has 1 aromatic carbocycles. The monoisotopic (exact) mass is 383 g/mol. The minimum Gasteiger partial charge on any atom is -0.319 e. The van der Waals surface area contributed by atoms with Crippen molar-refractivity contribution in [1.29, 1.82) is 0 Å². The van der Waals surface area contributed by atoms with E-state index in [9.17, 15) is 14.4 Å². The van der Waals surface area contributed by atoms with Gasteiger partial charge in [-0.2, -0.15) is 0 Å². The molecule has 0 spiro atoms. The van der Waals surface area contributed by atoms with Crippen LogP contribution < -0.4 is 10.2 Å². The molecular weight excluding hydrogens is 366 g/mol. The maximum Gasteiger partial charge on any atom is 0.255 e. The van der Waals surface area contributed by atoms with Crippen LogP contribution in [0.15, 0.2) is 42.6 Å². The van der Waals surface area contributed by atoms with Crippen molar-refractivity contribution in [3.05, 3.63) is 53.3 Å². The lowest BCUT2D eigenvalue weighted by Gasteiger charge is -2.19. The minimum absolute atomic E-state index is 0.121. The molecule has 2 fully saturated rings. The lowest BCUT2D eigenvalue weighted by Crippen LogP contribution is -2.30. The zero-order chi connectivity index (χ0) is 19.0. The van der Waals surface area contributed by atoms with Crippen LogP contribution in [-0.4, -0.2) is 22.7 Å². The van der Waals surface area contributed by atoms with Crippen molar-refractivity contribution in [2.75, 3.05) is 10.2 Å². The number of hydrogen-bond acceptors (Lipinski definition) is 4. The number of aromatic nitrogens is 1. The van der Waals surface area contributed by atoms with E-state index in [0.717, 1.165) is 25.7 Å². The summed E-state index contributed by atoms with van der Waals surface area (Å²) in [5.41, 5.74) is 1.33. The summed E-state index contributed by atoms with van der Waals surface area (Å²) in [4.78, 5) is 42.9. The van der Waals surface area contributed by atoms with Gasteiger partial charge in [-0.3, -0.25) is 19.3 Å². The standard InChI is InChI=1S/C20H18ClN3O3/c21-17-16(6-3-11-22-17)23-18(25)12-7-9-13(10-8-12)24-19(26)14-4-1-2-5-15(14)20(24)27/h3,6-11,14-15H,1-2,4-5H2,(H,23,25)/t14-,15+. The Balaban J connectivity index is 1.52. The lowest BCUT2D eigenvalue weighted by atomic mass is 9.81. The molecule has 1 aliphatic carbocycles. The third-order valence-electron chi connectivity index (χ3n) is 5.24. The number of carbonyl (C=O) groups is 3. The molecule has 1 N–H and O–H groups in total. The number of benzene rings is 1. The first-order chi connectivity index (χ1) is 13.1. The van der Waals surface area contributed by atoms with Crippen LogP contribution in [0.1, 0.15) is 36.0 Å². The zero-order valence-corrected chi connectivity index (χ0v) is 15.3. The Morgan fingerprint density at radius 1 is 1.04 bits per heavy atom. The maximum absolute atomic E-state index is 12.7. The van der Waals surface area contributed by atoms with Gasteiger partial charge in [0, 0.05) is 11.8 Å². The van der Waals surface area contributed by atoms with Crippen molar-refractivity contribution in [2.45, 2.75) is 25.7 Å². The molecule has 0 radical (unpaired) electrons. The molecule has 4 rings (SSSR count). The van der Waals surface area contributed by atoms with Gasteiger partial charge in [-0.05, 0) is 49.2 Å². The molecule has 0 unspecified atom stereocenters. The molecule has 2 aliphatic rings. The van der Waals surface area contributed by atoms with E-state index in [0.29, 0.717) is 16.9 Å². The molecule has 1 saturated heterocycles. The largest absolute Gasteiger partial charge is 0.319 e. The highest BCUT2D eigenvalue weighted by Crippen LogP contribution is 2.40. The molecule has 0 bridgehead atoms. The van der Waals surface area contributed by atoms with Crippen molar-refractivity contribution < 1.29 is 14.4 Å². The molecule has 1 aliphatic heterocycles. The van der Waals surface area contributed by atoms with Crippen LogP contribution >= 0.6 is 11.6 Å². The summed E-state index contributed by atoms with van der Waals surface area (Å²) in [6.45, 7) is 0. The molecule has 1 aromatic heterocycles. The van der Waals surface area contributed by atoms with Crippen LogP contribution in [0.25, 0.3) is 0 Å². The number of halogens is 1. The molecule has 3 amide bonds. The minimum atomic E-state index is -0.343. The predicted octanol–water partition coefficient (Wildman–Crippen LogP) is 3.67. The van der Waals surface area contributed by atoms with Crippen LogP contribution in [0, 0.1) is 11.8 Å². The number of fused-ring (bicyclic) bond motifs is 1. The molecule has 138 valence electrons. The Bertz CT molecular complexity index is 889. The summed E-state index contributed by atoms with van der Waals surface area (Å²) in [5, 5.41) is 2.90. The van der Waals surface area contributed by atoms with Crippen LogP contribution in [0.3, 0.4) is 0 Å². The van der Waals surface area contributed by atoms with E-state index in [1.165, 1.54) is 11.1 Å². The third-order valence-corrected chi connectivity index (χ3v) is 5.54. The summed E-state index contributed by atoms with van der Waals surface area (Å²) in [6.07, 6.45) is 5.07. The van der Waals surface area contributed by atoms with Gasteiger partial charge in [0.1, 0.15) is 0 Å². The van der Waals surface area contributed by atoms with E-state index in [1.807, 2.05) is 0 Å². The van der Waals surface area contributed by atoms with Gasteiger partial charge >= 0.3 is 0 Å². The first kappa shape index (κ1) is 17.7. The second kappa shape index (κ2) is 7.12. The number of rotatable bonds is 3. The van der Waals surface area contributed by atoms with Crippen molar-refractivity contribution in [2.24, 2.45) is 11.8 Å². The van der Waals surface area contributed by atoms with Crippen molar-refractivity contribution in [3.8, 4) is 0 Å². The average molecular weight is 384 g/mol. The van der Waals surface area contributed by atoms with Gasteiger partial charge in [0.25, 0.3) is 5.91 Å². The molecule has 2 atom stereocenters. The first-order valence-electron chi connectivity index (χ1n) is 8.96. The number of pyridine rings is 1. The Kier molecular flexibility index (Phi) is 4.66. The van der Waals surface area contributed by atoms with E-state index >= 15 is 0 Å². The third kappa shape index (κ3) is 3.21. The number of anilines is 2. The van der Waals surface area contributed by atoms with E-state index in [-0.39, 0.29) is 34.7 Å². The molecule has 7 heteroatoms. The number of amides is 3. The van der Waals surface area contributed by atoms with Gasteiger partial charge in [-0.15, -0.1) is 0 Å². The second-order valence-corrected chi connectivity index (χ2v) is 7.21. The normalized spacial score (nSPS) is 21.9. The predicted molar refractivity (Wildman–Crippen MR) is 102 cm³/mol. The number of carbonyl (C=O) groups excluding carboxylic acids is 3. The Morgan fingerprint density at radius 3 is 2.26 bits per heavy atom. The van der Waals surface area contributed by atoms with Crippen LogP contribution in [-0.2, 0) is 9.59 Å². The van der Waals surface area contributed by atoms with Gasteiger partial charge in [0.05, 0.1) is 23.2 Å². The highest BCUT2D eigenvalue weighted by molar-refractivity contribution is 6.32. The van der Waals surface area contributed by atoms with Crippen LogP contribution in [0.2, 0.25) is 5.15 Å². The Labute approximate surface area is 161 Å². The molecule has 6 nitrogen and oxygen atoms in total. The number of nitrogens with one attached hydrogen (secondary N) is 1. The highest BCUT2D eigenvalue weighted by Gasteiger charge is 2.48. The molecule has 2 aromatic rings. The fourth-order valence-electron chi connectivity index (χ4n) is 3.85. The van der Waals surface area contributed by atoms with E-state index in [1.54, 1.807) is 36.4 Å². The summed E-state index contributed by atoms with van der Waals surface area (Å²) >= 11 is 5.95. The number of hydrogen-bond donors (Lipinski definition) is 1. The second-order valence-electron chi connectivity index (χ2n) is 6.85. The molecule has 27 heavy (non-hydrogen) atoms. The van der Waals surface area contributed by atoms with Gasteiger partial charge in [-0.25, -0.2) is 4.98 Å². The molecular formula is C20H18ClN3O3. The van der Waals surface area contributed by atoms with E-state index < -0.39 is 0 Å². The van der Waals surface area contributed by atoms with Gasteiger partial charge in [-0.1, -0.05) is 24.4 Å². The summed E-state index contributed by atoms with van der Waals surface area (Å²) in [5.74, 6) is -0.971. The fraction of sp³-hybridized carbons (Fsp3) is 0.300. The average Bonchev–Trinajstić information content (AvgIpc) is 2.95. The highest BCUT2D eigenvalue weighted by atomic mass is 35.5. The Morgan fingerprint density at radius 2 is 1.67 bits per heavy atom. The number of nitrogens with zero attached hydrogens (tertiary/aromatic N) is 2. The summed E-state index contributed by atoms with van der Waals surface area (Å²) in [6, 6.07) is 9.79. The molecule has 2 heterocycles. The lowest BCUT2D eigenvalue weighted by molar-refractivity contribution is -0.122. The van der Waals surface area contributed by atoms with Crippen molar-refractivity contribution >= 4 is 40.7 Å². The van der Waals surface area contributed by atoms with Crippen LogP contribution in [0.5, 0.6) is 0 Å². The summed E-state index contributed by atoms with van der Waals surface area (Å²) in [7, 11) is 0. The van der Waals surface area contributed by atoms with Gasteiger partial charge < -0.3 is 5.32 Å². The van der Waals surface area contributed by atoms with E-state index in [2.05, 4.69) is 10.3 Å². The topological polar surface area (TPSA) is 79.4 Å². The zero-order valence-electron chi connectivity index (χ0n) is 14.5. The SMILES string of the molecule is O=C(Nc1cccnc1Cl)c1ccc(N2C(=O)[C@H]3CCCC[C@H]3C2=O)cc1. The van der Waals surface area contributed by atoms with Gasteiger partial charge in [0.15, 0.2) is 5.15 Å². The fourth-order valence-corrected chi connectivity index (χ4v) is 4.02. The molecule has 1 saturated carbocycles. The maximum atomic E-state index is 12.7. The van der Waals surface area contributed by atoms with Crippen LogP contribution in [0.4, 0.5) is 11.4 Å². The van der Waals surface area contributed by atoms with Crippen molar-refractivity contribution in [3.63, 3.8) is 0 Å². The van der Waals surface area contributed by atoms with Gasteiger partial charge in [0.2, 0.25) is 11.8 Å². The van der Waals surface area contributed by atoms with Crippen molar-refractivity contribution in [1.82, 2.24) is 4.98 Å². The smallest absolute Gasteiger partial charge is 0.255 e. The Hall–Kier alpha value is -2.73. The number of imide groups is 1. The summed E-state index contributed by atoms with van der Waals surface area (Å²) < 4.78 is 0. The quantitative estimate of drug-likeness (QED) is 0.647. The van der Waals surface area contributed by atoms with E-state index in [4.69, 9.17) is 11.6 Å². The first-order valence-corrected chi connectivity index (χ1v) is 9.34.